The Morgan fingerprint density at radius 1 is 1.13 bits per heavy atom. The molecule has 0 bridgehead atoms. The van der Waals surface area contributed by atoms with E-state index in [9.17, 15) is 4.79 Å². The first-order valence-corrected chi connectivity index (χ1v) is 11.9. The zero-order chi connectivity index (χ0) is 22.1. The van der Waals surface area contributed by atoms with Gasteiger partial charge in [-0.1, -0.05) is 20.3 Å². The molecule has 0 saturated carbocycles. The van der Waals surface area contributed by atoms with E-state index in [-0.39, 0.29) is 5.91 Å². The summed E-state index contributed by atoms with van der Waals surface area (Å²) in [5.74, 6) is 1.89. The number of carbonyl (C=O) groups is 1. The molecule has 3 rings (SSSR count). The van der Waals surface area contributed by atoms with E-state index in [1.165, 1.54) is 25.7 Å². The Kier molecular flexibility index (Phi) is 8.49. The van der Waals surface area contributed by atoms with Crippen molar-refractivity contribution < 1.29 is 4.79 Å². The highest BCUT2D eigenvalue weighted by Crippen LogP contribution is 2.33. The maximum atomic E-state index is 12.7. The summed E-state index contributed by atoms with van der Waals surface area (Å²) >= 11 is 0. The SMILES string of the molecule is CCCC1(C)CCCN(C(=NCCC(=O)N2CCN(c3ncccn3)CC2)NCC)C1. The largest absolute Gasteiger partial charge is 0.357 e. The van der Waals surface area contributed by atoms with Crippen LogP contribution in [-0.4, -0.2) is 84.0 Å². The third kappa shape index (κ3) is 6.55. The van der Waals surface area contributed by atoms with Crippen LogP contribution in [0, 0.1) is 5.41 Å². The molecule has 2 aliphatic heterocycles. The van der Waals surface area contributed by atoms with Crippen molar-refractivity contribution in [3.8, 4) is 0 Å². The average molecular weight is 430 g/mol. The number of aromatic nitrogens is 2. The second kappa shape index (κ2) is 11.3. The summed E-state index contributed by atoms with van der Waals surface area (Å²) in [6.45, 7) is 13.2. The fraction of sp³-hybridized carbons (Fsp3) is 0.739. The molecule has 1 amide bonds. The number of hydrogen-bond donors (Lipinski definition) is 1. The number of rotatable bonds is 7. The molecular formula is C23H39N7O. The van der Waals surface area contributed by atoms with Gasteiger partial charge in [-0.2, -0.15) is 0 Å². The molecule has 0 radical (unpaired) electrons. The third-order valence-electron chi connectivity index (χ3n) is 6.32. The standard InChI is InChI=1S/C23H39N7O/c1-4-9-23(3)10-6-14-30(19-23)21(24-5-2)27-13-8-20(31)28-15-17-29(18-16-28)22-25-11-7-12-26-22/h7,11-12H,4-6,8-10,13-19H2,1-3H3,(H,24,27). The second-order valence-corrected chi connectivity index (χ2v) is 8.99. The van der Waals surface area contributed by atoms with Crippen LogP contribution in [0.1, 0.15) is 52.9 Å². The molecule has 1 aromatic rings. The lowest BCUT2D eigenvalue weighted by molar-refractivity contribution is -0.131. The predicted octanol–water partition coefficient (Wildman–Crippen LogP) is 2.38. The molecule has 8 nitrogen and oxygen atoms in total. The molecule has 3 heterocycles. The highest BCUT2D eigenvalue weighted by molar-refractivity contribution is 5.81. The van der Waals surface area contributed by atoms with Crippen LogP contribution in [0.25, 0.3) is 0 Å². The molecule has 2 aliphatic rings. The van der Waals surface area contributed by atoms with Gasteiger partial charge in [-0.15, -0.1) is 0 Å². The van der Waals surface area contributed by atoms with Crippen LogP contribution in [0.2, 0.25) is 0 Å². The summed E-state index contributed by atoms with van der Waals surface area (Å²) in [5, 5.41) is 3.44. The smallest absolute Gasteiger partial charge is 0.225 e. The topological polar surface area (TPSA) is 77.0 Å². The first kappa shape index (κ1) is 23.3. The maximum absolute atomic E-state index is 12.7. The lowest BCUT2D eigenvalue weighted by Gasteiger charge is -2.42. The van der Waals surface area contributed by atoms with Crippen molar-refractivity contribution in [1.82, 2.24) is 25.1 Å². The van der Waals surface area contributed by atoms with E-state index < -0.39 is 0 Å². The van der Waals surface area contributed by atoms with Crippen molar-refractivity contribution >= 4 is 17.8 Å². The van der Waals surface area contributed by atoms with Crippen molar-refractivity contribution in [2.45, 2.75) is 52.9 Å². The Balaban J connectivity index is 1.49. The fourth-order valence-electron chi connectivity index (χ4n) is 4.76. The van der Waals surface area contributed by atoms with Gasteiger partial charge in [0, 0.05) is 64.6 Å². The number of aliphatic imine (C=N–C) groups is 1. The zero-order valence-electron chi connectivity index (χ0n) is 19.5. The van der Waals surface area contributed by atoms with E-state index in [0.29, 0.717) is 31.5 Å². The van der Waals surface area contributed by atoms with Crippen LogP contribution in [0.5, 0.6) is 0 Å². The average Bonchev–Trinajstić information content (AvgIpc) is 2.79. The Morgan fingerprint density at radius 2 is 1.87 bits per heavy atom. The highest BCUT2D eigenvalue weighted by atomic mass is 16.2. The summed E-state index contributed by atoms with van der Waals surface area (Å²) in [5.41, 5.74) is 0.362. The van der Waals surface area contributed by atoms with Gasteiger partial charge in [0.2, 0.25) is 11.9 Å². The molecule has 172 valence electrons. The summed E-state index contributed by atoms with van der Waals surface area (Å²) in [6, 6.07) is 1.82. The second-order valence-electron chi connectivity index (χ2n) is 8.99. The molecule has 1 N–H and O–H groups in total. The number of amides is 1. The van der Waals surface area contributed by atoms with Crippen molar-refractivity contribution in [2.24, 2.45) is 10.4 Å². The van der Waals surface area contributed by atoms with Crippen LogP contribution in [0.15, 0.2) is 23.5 Å². The normalized spacial score (nSPS) is 22.5. The summed E-state index contributed by atoms with van der Waals surface area (Å²) in [7, 11) is 0. The molecule has 2 fully saturated rings. The van der Waals surface area contributed by atoms with E-state index in [1.54, 1.807) is 12.4 Å². The number of piperazine rings is 1. The van der Waals surface area contributed by atoms with Gasteiger partial charge in [0.1, 0.15) is 0 Å². The lowest BCUT2D eigenvalue weighted by atomic mass is 9.78. The summed E-state index contributed by atoms with van der Waals surface area (Å²) < 4.78 is 0. The van der Waals surface area contributed by atoms with Crippen molar-refractivity contribution in [2.75, 3.05) is 57.3 Å². The molecule has 1 aromatic heterocycles. The first-order chi connectivity index (χ1) is 15.0. The molecule has 8 heteroatoms. The lowest BCUT2D eigenvalue weighted by Crippen LogP contribution is -2.50. The molecule has 2 saturated heterocycles. The van der Waals surface area contributed by atoms with E-state index >= 15 is 0 Å². The van der Waals surface area contributed by atoms with Crippen LogP contribution >= 0.6 is 0 Å². The van der Waals surface area contributed by atoms with Gasteiger partial charge in [-0.25, -0.2) is 9.97 Å². The number of likely N-dealkylation sites (tertiary alicyclic amines) is 1. The van der Waals surface area contributed by atoms with Crippen molar-refractivity contribution in [3.05, 3.63) is 18.5 Å². The Hall–Kier alpha value is -2.38. The number of anilines is 1. The van der Waals surface area contributed by atoms with Gasteiger partial charge in [-0.05, 0) is 37.7 Å². The number of nitrogens with zero attached hydrogens (tertiary/aromatic N) is 6. The van der Waals surface area contributed by atoms with E-state index in [2.05, 4.69) is 45.9 Å². The highest BCUT2D eigenvalue weighted by Gasteiger charge is 2.31. The minimum absolute atomic E-state index is 0.183. The fourth-order valence-corrected chi connectivity index (χ4v) is 4.76. The molecule has 31 heavy (non-hydrogen) atoms. The number of carbonyl (C=O) groups excluding carboxylic acids is 1. The summed E-state index contributed by atoms with van der Waals surface area (Å²) in [6.07, 6.45) is 8.93. The molecule has 0 aromatic carbocycles. The van der Waals surface area contributed by atoms with Crippen LogP contribution in [0.3, 0.4) is 0 Å². The molecular weight excluding hydrogens is 390 g/mol. The van der Waals surface area contributed by atoms with Crippen molar-refractivity contribution in [1.29, 1.82) is 0 Å². The van der Waals surface area contributed by atoms with E-state index in [0.717, 1.165) is 44.6 Å². The number of nitrogens with one attached hydrogen (secondary N) is 1. The minimum Gasteiger partial charge on any atom is -0.357 e. The van der Waals surface area contributed by atoms with E-state index in [1.807, 2.05) is 11.0 Å². The van der Waals surface area contributed by atoms with Gasteiger partial charge >= 0.3 is 0 Å². The number of guanidine groups is 1. The Morgan fingerprint density at radius 3 is 2.55 bits per heavy atom. The van der Waals surface area contributed by atoms with Gasteiger partial charge < -0.3 is 20.0 Å². The van der Waals surface area contributed by atoms with E-state index in [4.69, 9.17) is 4.99 Å². The minimum atomic E-state index is 0.183. The molecule has 1 unspecified atom stereocenters. The van der Waals surface area contributed by atoms with Crippen molar-refractivity contribution in [3.63, 3.8) is 0 Å². The third-order valence-corrected chi connectivity index (χ3v) is 6.32. The number of hydrogen-bond acceptors (Lipinski definition) is 5. The van der Waals surface area contributed by atoms with Crippen LogP contribution in [-0.2, 0) is 4.79 Å². The molecule has 0 aliphatic carbocycles. The van der Waals surface area contributed by atoms with Gasteiger partial charge in [0.05, 0.1) is 6.54 Å². The van der Waals surface area contributed by atoms with Gasteiger partial charge in [-0.3, -0.25) is 9.79 Å². The van der Waals surface area contributed by atoms with Crippen LogP contribution in [0.4, 0.5) is 5.95 Å². The Labute approximate surface area is 187 Å². The summed E-state index contributed by atoms with van der Waals surface area (Å²) in [4.78, 5) is 32.6. The van der Waals surface area contributed by atoms with Crippen LogP contribution < -0.4 is 10.2 Å². The predicted molar refractivity (Wildman–Crippen MR) is 125 cm³/mol. The maximum Gasteiger partial charge on any atom is 0.225 e. The quantitative estimate of drug-likeness (QED) is 0.530. The first-order valence-electron chi connectivity index (χ1n) is 11.9. The molecule has 1 atom stereocenters. The van der Waals surface area contributed by atoms with Gasteiger partial charge in [0.25, 0.3) is 0 Å². The monoisotopic (exact) mass is 429 g/mol. The van der Waals surface area contributed by atoms with Gasteiger partial charge in [0.15, 0.2) is 5.96 Å². The number of piperidine rings is 1. The Bertz CT molecular complexity index is 714. The zero-order valence-corrected chi connectivity index (χ0v) is 19.5. The molecule has 0 spiro atoms.